The van der Waals surface area contributed by atoms with Crippen LogP contribution in [0.4, 0.5) is 13.2 Å². The van der Waals surface area contributed by atoms with Crippen LogP contribution >= 0.6 is 0 Å². The Morgan fingerprint density at radius 2 is 1.30 bits per heavy atom. The molecule has 6 aromatic rings. The number of allylic oxidation sites excluding steroid dienone is 2. The van der Waals surface area contributed by atoms with Gasteiger partial charge in [0.25, 0.3) is 0 Å². The maximum atomic E-state index is 12.8. The molecule has 0 fully saturated rings. The molecule has 1 radical (unpaired) electrons. The molecular formula is C41H40F3IrN3O2. The van der Waals surface area contributed by atoms with Crippen LogP contribution in [-0.4, -0.2) is 30.6 Å². The topological polar surface area (TPSA) is 80.3 Å². The Labute approximate surface area is 304 Å². The van der Waals surface area contributed by atoms with Gasteiger partial charge in [0.2, 0.25) is 5.82 Å². The third-order valence-corrected chi connectivity index (χ3v) is 8.21. The Bertz CT molecular complexity index is 2210. The molecule has 2 N–H and O–H groups in total. The molecule has 0 aliphatic rings. The van der Waals surface area contributed by atoms with Crippen molar-refractivity contribution < 1.29 is 43.2 Å². The summed E-state index contributed by atoms with van der Waals surface area (Å²) >= 11 is 0. The Hall–Kier alpha value is -4.46. The molecule has 0 aliphatic carbocycles. The number of aromatic nitrogens is 3. The van der Waals surface area contributed by atoms with Crippen LogP contribution in [0.1, 0.15) is 58.5 Å². The van der Waals surface area contributed by atoms with E-state index in [1.165, 1.54) is 24.0 Å². The molecule has 0 unspecified atom stereocenters. The number of alkyl halides is 3. The zero-order valence-corrected chi connectivity index (χ0v) is 31.7. The van der Waals surface area contributed by atoms with E-state index >= 15 is 0 Å². The molecule has 4 aromatic carbocycles. The number of pyridine rings is 1. The second-order valence-electron chi connectivity index (χ2n) is 14.4. The standard InChI is InChI=1S/C30H19F3N3.C11H20O2.Ir/c1-17-11-18(2)13-21(12-17)28-27-8-7-24-23-5-3-19(22-15-35-29(36-16-22)30(31,32)33)14-20(23)4-6-25(24)26(27)9-10-34-28;1-10(2,3)8(12)7-9(13)11(4,5)6;/h3-12,14-16H,1-2H3;7,12H,1-6H3;/q-1;;/p+1/b;8-7-;. The Kier molecular flexibility index (Phi) is 11.1. The summed E-state index contributed by atoms with van der Waals surface area (Å²) in [4.78, 5) is 21.3. The first kappa shape index (κ1) is 38.3. The summed E-state index contributed by atoms with van der Waals surface area (Å²) in [5, 5.41) is 16.0. The van der Waals surface area contributed by atoms with E-state index in [1.807, 2.05) is 85.0 Å². The molecule has 0 atom stereocenters. The molecule has 261 valence electrons. The van der Waals surface area contributed by atoms with E-state index in [-0.39, 0.29) is 42.5 Å². The molecule has 5 nitrogen and oxygen atoms in total. The van der Waals surface area contributed by atoms with E-state index < -0.39 is 12.0 Å². The van der Waals surface area contributed by atoms with Gasteiger partial charge in [0, 0.05) is 49.7 Å². The number of fused-ring (bicyclic) bond motifs is 5. The maximum absolute atomic E-state index is 12.8. The fourth-order valence-corrected chi connectivity index (χ4v) is 5.41. The van der Waals surface area contributed by atoms with Crippen molar-refractivity contribution in [1.29, 1.82) is 0 Å². The van der Waals surface area contributed by atoms with Crippen molar-refractivity contribution in [2.24, 2.45) is 10.8 Å². The average Bonchev–Trinajstić information content (AvgIpc) is 3.02. The number of benzene rings is 4. The molecule has 9 heteroatoms. The molecule has 0 spiro atoms. The van der Waals surface area contributed by atoms with Crippen LogP contribution in [0.3, 0.4) is 0 Å². The van der Waals surface area contributed by atoms with Crippen LogP contribution in [-0.2, 0) is 26.3 Å². The molecule has 0 amide bonds. The van der Waals surface area contributed by atoms with Gasteiger partial charge in [-0.2, -0.15) is 13.2 Å². The van der Waals surface area contributed by atoms with E-state index in [9.17, 15) is 23.1 Å². The van der Waals surface area contributed by atoms with Gasteiger partial charge in [-0.05, 0) is 76.5 Å². The summed E-state index contributed by atoms with van der Waals surface area (Å²) in [6.07, 6.45) is 1.14. The van der Waals surface area contributed by atoms with Gasteiger partial charge in [-0.25, -0.2) is 9.97 Å². The van der Waals surface area contributed by atoms with Crippen molar-refractivity contribution in [2.45, 2.75) is 61.6 Å². The molecule has 0 aliphatic heterocycles. The molecule has 6 rings (SSSR count). The largest absolute Gasteiger partial charge is 0.511 e. The fraction of sp³-hybridized carbons (Fsp3) is 0.268. The van der Waals surface area contributed by atoms with Crippen LogP contribution in [0.25, 0.3) is 54.7 Å². The minimum absolute atomic E-state index is 0. The second kappa shape index (κ2) is 14.4. The zero-order valence-electron chi connectivity index (χ0n) is 29.3. The predicted molar refractivity (Wildman–Crippen MR) is 193 cm³/mol. The van der Waals surface area contributed by atoms with Crippen LogP contribution in [0.15, 0.2) is 91.1 Å². The summed E-state index contributed by atoms with van der Waals surface area (Å²) in [6, 6.07) is 23.8. The summed E-state index contributed by atoms with van der Waals surface area (Å²) in [5.41, 5.74) is 4.79. The summed E-state index contributed by atoms with van der Waals surface area (Å²) < 4.78 is 38.4. The predicted octanol–water partition coefficient (Wildman–Crippen LogP) is 11.2. The molecular weight excluding hydrogens is 816 g/mol. The minimum atomic E-state index is -4.56. The van der Waals surface area contributed by atoms with Gasteiger partial charge in [0.15, 0.2) is 0 Å². The van der Waals surface area contributed by atoms with Crippen molar-refractivity contribution in [2.75, 3.05) is 0 Å². The van der Waals surface area contributed by atoms with Gasteiger partial charge < -0.3 is 10.1 Å². The van der Waals surface area contributed by atoms with Crippen LogP contribution < -0.4 is 0 Å². The van der Waals surface area contributed by atoms with Gasteiger partial charge in [0.05, 0.1) is 11.5 Å². The van der Waals surface area contributed by atoms with Gasteiger partial charge in [-0.15, -0.1) is 34.9 Å². The third-order valence-electron chi connectivity index (χ3n) is 8.21. The average molecular weight is 856 g/mol. The van der Waals surface area contributed by atoms with Gasteiger partial charge in [-0.1, -0.05) is 71.0 Å². The Morgan fingerprint density at radius 1 is 0.720 bits per heavy atom. The number of nitrogens with zero attached hydrogens (tertiary/aromatic N) is 3. The van der Waals surface area contributed by atoms with E-state index in [2.05, 4.69) is 58.3 Å². The molecule has 0 saturated carbocycles. The summed E-state index contributed by atoms with van der Waals surface area (Å²) in [7, 11) is 0. The Morgan fingerprint density at radius 3 is 1.90 bits per heavy atom. The SMILES string of the molecule is CC(C)(C)C(=[OH+])/C=C(\O)C(C)(C)C.Cc1[c-]c(-c2nccc3c2ccc2c4ccc(-c5cnc(C(F)(F)F)nc5)cc4ccc32)cc(C)c1.[Ir]. The van der Waals surface area contributed by atoms with Gasteiger partial charge in [0.1, 0.15) is 5.76 Å². The quantitative estimate of drug-likeness (QED) is 0.0632. The van der Waals surface area contributed by atoms with E-state index in [1.54, 1.807) is 0 Å². The van der Waals surface area contributed by atoms with Gasteiger partial charge >= 0.3 is 12.0 Å². The number of hydrogen-bond donors (Lipinski definition) is 1. The van der Waals surface area contributed by atoms with Crippen molar-refractivity contribution in [1.82, 2.24) is 15.0 Å². The Balaban J connectivity index is 0.000000345. The van der Waals surface area contributed by atoms with Crippen LogP contribution in [0.5, 0.6) is 0 Å². The molecule has 2 aromatic heterocycles. The number of ketones is 1. The zero-order chi connectivity index (χ0) is 35.9. The monoisotopic (exact) mass is 856 g/mol. The smallest absolute Gasteiger partial charge is 0.451 e. The van der Waals surface area contributed by atoms with Crippen LogP contribution in [0.2, 0.25) is 0 Å². The van der Waals surface area contributed by atoms with Crippen molar-refractivity contribution in [3.8, 4) is 22.4 Å². The normalized spacial score (nSPS) is 12.4. The van der Waals surface area contributed by atoms with E-state index in [0.29, 0.717) is 5.56 Å². The second-order valence-corrected chi connectivity index (χ2v) is 14.4. The van der Waals surface area contributed by atoms with E-state index in [0.717, 1.165) is 54.7 Å². The third kappa shape index (κ3) is 8.45. The van der Waals surface area contributed by atoms with Gasteiger partial charge in [-0.3, -0.25) is 4.79 Å². The van der Waals surface area contributed by atoms with Crippen molar-refractivity contribution in [3.05, 3.63) is 114 Å². The number of aliphatic hydroxyl groups is 1. The number of hydrogen-bond acceptors (Lipinski definition) is 4. The summed E-state index contributed by atoms with van der Waals surface area (Å²) in [6.45, 7) is 15.5. The first-order chi connectivity index (χ1) is 22.8. The number of halogens is 3. The number of carbonyl (C=O) groups excluding carboxylic acids is 1. The summed E-state index contributed by atoms with van der Waals surface area (Å²) in [5.74, 6) is -0.725. The number of rotatable bonds is 3. The number of aliphatic hydroxyl groups excluding tert-OH is 1. The minimum Gasteiger partial charge on any atom is -0.511 e. The molecule has 0 saturated heterocycles. The number of aryl methyl sites for hydroxylation is 2. The first-order valence-corrected chi connectivity index (χ1v) is 16.0. The van der Waals surface area contributed by atoms with Crippen molar-refractivity contribution in [3.63, 3.8) is 0 Å². The fourth-order valence-electron chi connectivity index (χ4n) is 5.41. The first-order valence-electron chi connectivity index (χ1n) is 16.0. The maximum Gasteiger partial charge on any atom is 0.451 e. The molecule has 2 heterocycles. The van der Waals surface area contributed by atoms with Crippen molar-refractivity contribution >= 4 is 38.1 Å². The molecule has 0 bridgehead atoms. The van der Waals surface area contributed by atoms with Crippen LogP contribution in [0, 0.1) is 30.7 Å². The van der Waals surface area contributed by atoms with E-state index in [4.69, 9.17) is 0 Å². The molecule has 50 heavy (non-hydrogen) atoms.